The molecule has 2 aromatic carbocycles. The van der Waals surface area contributed by atoms with E-state index in [1.54, 1.807) is 31.4 Å². The molecule has 4 saturated carbocycles. The predicted molar refractivity (Wildman–Crippen MR) is 129 cm³/mol. The second-order valence-corrected chi connectivity index (χ2v) is 10.3. The normalized spacial score (nSPS) is 26.7. The molecule has 178 valence electrons. The van der Waals surface area contributed by atoms with E-state index in [-0.39, 0.29) is 24.6 Å². The molecule has 0 saturated heterocycles. The van der Waals surface area contributed by atoms with Crippen molar-refractivity contribution in [3.8, 4) is 5.75 Å². The van der Waals surface area contributed by atoms with Crippen molar-refractivity contribution in [1.82, 2.24) is 0 Å². The van der Waals surface area contributed by atoms with Crippen LogP contribution in [-0.2, 0) is 21.5 Å². The van der Waals surface area contributed by atoms with Gasteiger partial charge in [0.1, 0.15) is 19.0 Å². The summed E-state index contributed by atoms with van der Waals surface area (Å²) < 4.78 is 16.4. The summed E-state index contributed by atoms with van der Waals surface area (Å²) >= 11 is 0. The van der Waals surface area contributed by atoms with Crippen LogP contribution in [0.15, 0.2) is 55.1 Å². The maximum absolute atomic E-state index is 12.8. The number of benzene rings is 2. The van der Waals surface area contributed by atoms with Crippen LogP contribution < -0.4 is 4.74 Å². The molecule has 0 aromatic heterocycles. The minimum Gasteiger partial charge on any atom is -0.496 e. The van der Waals surface area contributed by atoms with E-state index < -0.39 is 5.97 Å². The Bertz CT molecular complexity index is 1050. The largest absolute Gasteiger partial charge is 0.496 e. The average Bonchev–Trinajstić information content (AvgIpc) is 2.85. The number of methoxy groups -OCH3 is 1. The van der Waals surface area contributed by atoms with E-state index in [0.717, 1.165) is 29.1 Å². The van der Waals surface area contributed by atoms with E-state index in [2.05, 4.69) is 12.6 Å². The number of ether oxygens (including phenoxy) is 3. The molecule has 0 radical (unpaired) electrons. The first-order valence-electron chi connectivity index (χ1n) is 12.2. The van der Waals surface area contributed by atoms with Gasteiger partial charge in [-0.3, -0.25) is 0 Å². The molecule has 5 nitrogen and oxygen atoms in total. The monoisotopic (exact) mass is 460 g/mol. The summed E-state index contributed by atoms with van der Waals surface area (Å²) in [5.74, 6) is 2.54. The fourth-order valence-electron chi connectivity index (χ4n) is 6.88. The molecule has 0 spiro atoms. The molecule has 6 rings (SSSR count). The maximum Gasteiger partial charge on any atom is 0.338 e. The second-order valence-electron chi connectivity index (χ2n) is 10.3. The molecule has 2 aromatic rings. The van der Waals surface area contributed by atoms with E-state index in [4.69, 9.17) is 14.2 Å². The Morgan fingerprint density at radius 1 is 0.912 bits per heavy atom. The quantitative estimate of drug-likeness (QED) is 0.365. The Morgan fingerprint density at radius 3 is 2.09 bits per heavy atom. The van der Waals surface area contributed by atoms with Gasteiger partial charge >= 0.3 is 11.9 Å². The standard InChI is InChI=1S/C29H32O5/c1-3-10-33-27(30)23-6-4-19(5-7-23)18-34-28(31)24-8-9-25(26(14-24)32-2)29-15-20-11-21(16-29)13-22(12-20)17-29/h3-9,14,20-22H,1,10-13,15-18H2,2H3. The smallest absolute Gasteiger partial charge is 0.338 e. The zero-order chi connectivity index (χ0) is 23.7. The lowest BCUT2D eigenvalue weighted by atomic mass is 9.48. The van der Waals surface area contributed by atoms with Gasteiger partial charge in [-0.1, -0.05) is 30.9 Å². The minimum atomic E-state index is -0.408. The Hall–Kier alpha value is -3.08. The van der Waals surface area contributed by atoms with Crippen LogP contribution >= 0.6 is 0 Å². The van der Waals surface area contributed by atoms with Crippen molar-refractivity contribution in [2.45, 2.75) is 50.5 Å². The van der Waals surface area contributed by atoms with Crippen LogP contribution in [0.5, 0.6) is 5.75 Å². The summed E-state index contributed by atoms with van der Waals surface area (Å²) in [6, 6.07) is 12.7. The van der Waals surface area contributed by atoms with Crippen molar-refractivity contribution in [1.29, 1.82) is 0 Å². The van der Waals surface area contributed by atoms with Crippen LogP contribution in [-0.4, -0.2) is 25.7 Å². The van der Waals surface area contributed by atoms with Crippen molar-refractivity contribution in [2.75, 3.05) is 13.7 Å². The first-order chi connectivity index (χ1) is 16.5. The summed E-state index contributed by atoms with van der Waals surface area (Å²) in [6.07, 6.45) is 9.44. The first-order valence-corrected chi connectivity index (χ1v) is 12.2. The van der Waals surface area contributed by atoms with Crippen LogP contribution in [0.1, 0.15) is 70.4 Å². The molecule has 4 aliphatic carbocycles. The Kier molecular flexibility index (Phi) is 6.20. The number of carbonyl (C=O) groups excluding carboxylic acids is 2. The molecule has 34 heavy (non-hydrogen) atoms. The fraction of sp³-hybridized carbons (Fsp3) is 0.448. The van der Waals surface area contributed by atoms with Gasteiger partial charge in [-0.2, -0.15) is 0 Å². The number of carbonyl (C=O) groups is 2. The Balaban J connectivity index is 1.25. The lowest BCUT2D eigenvalue weighted by Gasteiger charge is -2.57. The highest BCUT2D eigenvalue weighted by Crippen LogP contribution is 2.61. The predicted octanol–water partition coefficient (Wildman–Crippen LogP) is 5.86. The third-order valence-corrected chi connectivity index (χ3v) is 7.94. The molecule has 0 amide bonds. The van der Waals surface area contributed by atoms with Crippen molar-refractivity contribution < 1.29 is 23.8 Å². The molecule has 0 atom stereocenters. The molecule has 0 aliphatic heterocycles. The van der Waals surface area contributed by atoms with Crippen LogP contribution in [0, 0.1) is 17.8 Å². The highest BCUT2D eigenvalue weighted by atomic mass is 16.5. The molecule has 0 heterocycles. The van der Waals surface area contributed by atoms with Gasteiger partial charge in [0.2, 0.25) is 0 Å². The third-order valence-electron chi connectivity index (χ3n) is 7.94. The van der Waals surface area contributed by atoms with E-state index in [1.165, 1.54) is 50.2 Å². The molecular weight excluding hydrogens is 428 g/mol. The van der Waals surface area contributed by atoms with Crippen LogP contribution in [0.3, 0.4) is 0 Å². The topological polar surface area (TPSA) is 61.8 Å². The number of hydrogen-bond donors (Lipinski definition) is 0. The number of hydrogen-bond acceptors (Lipinski definition) is 5. The van der Waals surface area contributed by atoms with E-state index in [0.29, 0.717) is 11.1 Å². The fourth-order valence-corrected chi connectivity index (χ4v) is 6.88. The first kappa shape index (κ1) is 22.7. The van der Waals surface area contributed by atoms with Crippen LogP contribution in [0.4, 0.5) is 0 Å². The molecule has 0 N–H and O–H groups in total. The van der Waals surface area contributed by atoms with E-state index in [9.17, 15) is 9.59 Å². The highest BCUT2D eigenvalue weighted by Gasteiger charge is 2.52. The van der Waals surface area contributed by atoms with E-state index >= 15 is 0 Å². The van der Waals surface area contributed by atoms with Gasteiger partial charge in [-0.25, -0.2) is 9.59 Å². The molecule has 4 bridgehead atoms. The summed E-state index contributed by atoms with van der Waals surface area (Å²) in [5.41, 5.74) is 3.21. The summed E-state index contributed by atoms with van der Waals surface area (Å²) in [4.78, 5) is 24.7. The zero-order valence-corrected chi connectivity index (χ0v) is 19.8. The van der Waals surface area contributed by atoms with Gasteiger partial charge in [-0.05, 0) is 91.5 Å². The second kappa shape index (κ2) is 9.28. The minimum absolute atomic E-state index is 0.125. The molecule has 5 heteroatoms. The molecule has 0 unspecified atom stereocenters. The highest BCUT2D eigenvalue weighted by molar-refractivity contribution is 5.90. The van der Waals surface area contributed by atoms with Gasteiger partial charge in [0.25, 0.3) is 0 Å². The molecule has 4 aliphatic rings. The van der Waals surface area contributed by atoms with Crippen LogP contribution in [0.2, 0.25) is 0 Å². The van der Waals surface area contributed by atoms with Crippen molar-refractivity contribution in [3.05, 3.63) is 77.4 Å². The molecule has 4 fully saturated rings. The lowest BCUT2D eigenvalue weighted by molar-refractivity contribution is -0.00619. The summed E-state index contributed by atoms with van der Waals surface area (Å²) in [7, 11) is 1.69. The Morgan fingerprint density at radius 2 is 1.50 bits per heavy atom. The average molecular weight is 461 g/mol. The summed E-state index contributed by atoms with van der Waals surface area (Å²) in [6.45, 7) is 3.82. The van der Waals surface area contributed by atoms with Gasteiger partial charge in [0.15, 0.2) is 0 Å². The van der Waals surface area contributed by atoms with Gasteiger partial charge in [0.05, 0.1) is 18.2 Å². The van der Waals surface area contributed by atoms with Gasteiger partial charge in [0, 0.05) is 5.56 Å². The SMILES string of the molecule is C=CCOC(=O)c1ccc(COC(=O)c2ccc(C34CC5CC(CC(C5)C3)C4)c(OC)c2)cc1. The summed E-state index contributed by atoms with van der Waals surface area (Å²) in [5, 5.41) is 0. The van der Waals surface area contributed by atoms with Crippen molar-refractivity contribution in [2.24, 2.45) is 17.8 Å². The molecular formula is C29H32O5. The number of rotatable bonds is 8. The van der Waals surface area contributed by atoms with Gasteiger partial charge < -0.3 is 14.2 Å². The zero-order valence-electron chi connectivity index (χ0n) is 19.8. The lowest BCUT2D eigenvalue weighted by Crippen LogP contribution is -2.48. The number of esters is 2. The Labute approximate surface area is 201 Å². The van der Waals surface area contributed by atoms with Gasteiger partial charge in [-0.15, -0.1) is 0 Å². The van der Waals surface area contributed by atoms with Crippen molar-refractivity contribution >= 4 is 11.9 Å². The van der Waals surface area contributed by atoms with Crippen LogP contribution in [0.25, 0.3) is 0 Å². The van der Waals surface area contributed by atoms with E-state index in [1.807, 2.05) is 12.1 Å². The maximum atomic E-state index is 12.8. The van der Waals surface area contributed by atoms with Crippen molar-refractivity contribution in [3.63, 3.8) is 0 Å². The third kappa shape index (κ3) is 4.36.